The highest BCUT2D eigenvalue weighted by Crippen LogP contribution is 2.35. The Labute approximate surface area is 204 Å². The normalized spacial score (nSPS) is 11.9. The molecule has 0 bridgehead atoms. The van der Waals surface area contributed by atoms with Gasteiger partial charge in [0.05, 0.1) is 11.0 Å². The van der Waals surface area contributed by atoms with Gasteiger partial charge in [-0.1, -0.05) is 36.4 Å². The van der Waals surface area contributed by atoms with E-state index in [-0.39, 0.29) is 12.6 Å². The van der Waals surface area contributed by atoms with Gasteiger partial charge in [-0.25, -0.2) is 14.6 Å². The molecule has 0 aliphatic rings. The summed E-state index contributed by atoms with van der Waals surface area (Å²) in [5, 5.41) is 21.4. The summed E-state index contributed by atoms with van der Waals surface area (Å²) in [5.41, 5.74) is 2.67. The van der Waals surface area contributed by atoms with E-state index in [0.29, 0.717) is 0 Å². The molecule has 0 amide bonds. The van der Waals surface area contributed by atoms with E-state index in [1.54, 1.807) is 20.2 Å². The third-order valence-corrected chi connectivity index (χ3v) is 5.69. The molecule has 3 aromatic carbocycles. The van der Waals surface area contributed by atoms with Crippen LogP contribution in [-0.2, 0) is 0 Å². The molecule has 0 fully saturated rings. The molecule has 2 heterocycles. The van der Waals surface area contributed by atoms with Crippen LogP contribution in [0.5, 0.6) is 5.75 Å². The van der Waals surface area contributed by atoms with Crippen molar-refractivity contribution in [3.8, 4) is 17.0 Å². The smallest absolute Gasteiger partial charge is 0.164 e. The largest absolute Gasteiger partial charge is 0.491 e. The van der Waals surface area contributed by atoms with Crippen molar-refractivity contribution in [2.45, 2.75) is 39.3 Å². The second-order valence-corrected chi connectivity index (χ2v) is 9.62. The van der Waals surface area contributed by atoms with E-state index >= 15 is 0 Å². The molecule has 2 N–H and O–H groups in total. The molecule has 178 valence electrons. The molecule has 7 heteroatoms. The number of benzene rings is 3. The Morgan fingerprint density at radius 3 is 2.46 bits per heavy atom. The number of aliphatic hydroxyl groups is 1. The standard InChI is InChI=1S/C28H29N5O2/c1-18(2)33-27-24(26(29-17-30-27)31-22-8-6-5-7-9-22)25(32-33)21-11-10-20-15-23(13-12-19(20)14-21)35-16-28(3,4)34/h5-15,17-18,34H,16H2,1-4H3,(H,29,30,31). The Kier molecular flexibility index (Phi) is 5.86. The van der Waals surface area contributed by atoms with Crippen molar-refractivity contribution in [2.24, 2.45) is 0 Å². The van der Waals surface area contributed by atoms with E-state index < -0.39 is 5.60 Å². The molecule has 5 aromatic rings. The van der Waals surface area contributed by atoms with Crippen LogP contribution in [-0.4, -0.2) is 37.1 Å². The minimum absolute atomic E-state index is 0.140. The first-order valence-electron chi connectivity index (χ1n) is 11.7. The molecule has 0 spiro atoms. The van der Waals surface area contributed by atoms with Crippen LogP contribution in [0.25, 0.3) is 33.1 Å². The predicted octanol–water partition coefficient (Wildman–Crippen LogP) is 6.12. The van der Waals surface area contributed by atoms with Gasteiger partial charge >= 0.3 is 0 Å². The fourth-order valence-corrected chi connectivity index (χ4v) is 4.01. The van der Waals surface area contributed by atoms with Crippen LogP contribution >= 0.6 is 0 Å². The molecule has 0 saturated carbocycles. The van der Waals surface area contributed by atoms with Crippen LogP contribution in [0.1, 0.15) is 33.7 Å². The molecule has 0 aliphatic carbocycles. The number of rotatable bonds is 7. The number of ether oxygens (including phenoxy) is 1. The monoisotopic (exact) mass is 467 g/mol. The highest BCUT2D eigenvalue weighted by molar-refractivity contribution is 6.01. The number of hydrogen-bond acceptors (Lipinski definition) is 6. The maximum Gasteiger partial charge on any atom is 0.164 e. The summed E-state index contributed by atoms with van der Waals surface area (Å²) in [6, 6.07) is 22.3. The number of nitrogens with zero attached hydrogens (tertiary/aromatic N) is 4. The zero-order valence-electron chi connectivity index (χ0n) is 20.4. The fourth-order valence-electron chi connectivity index (χ4n) is 4.01. The Balaban J connectivity index is 1.59. The number of nitrogens with one attached hydrogen (secondary N) is 1. The summed E-state index contributed by atoms with van der Waals surface area (Å²) in [4.78, 5) is 9.14. The Morgan fingerprint density at radius 2 is 1.71 bits per heavy atom. The van der Waals surface area contributed by atoms with E-state index in [0.717, 1.165) is 50.3 Å². The molecule has 2 aromatic heterocycles. The number of para-hydroxylation sites is 1. The molecule has 35 heavy (non-hydrogen) atoms. The first-order chi connectivity index (χ1) is 16.8. The summed E-state index contributed by atoms with van der Waals surface area (Å²) in [5.74, 6) is 1.45. The lowest BCUT2D eigenvalue weighted by molar-refractivity contribution is 0.0285. The Morgan fingerprint density at radius 1 is 0.971 bits per heavy atom. The second-order valence-electron chi connectivity index (χ2n) is 9.62. The first-order valence-corrected chi connectivity index (χ1v) is 11.7. The van der Waals surface area contributed by atoms with Crippen molar-refractivity contribution in [1.29, 1.82) is 0 Å². The number of aromatic nitrogens is 4. The lowest BCUT2D eigenvalue weighted by Gasteiger charge is -2.18. The zero-order valence-corrected chi connectivity index (χ0v) is 20.4. The molecular formula is C28H29N5O2. The maximum atomic E-state index is 9.95. The van der Waals surface area contributed by atoms with E-state index in [4.69, 9.17) is 9.84 Å². The Bertz CT molecular complexity index is 1490. The summed E-state index contributed by atoms with van der Waals surface area (Å²) in [6.07, 6.45) is 1.58. The molecule has 0 aliphatic heterocycles. The van der Waals surface area contributed by atoms with Gasteiger partial charge in [-0.05, 0) is 68.8 Å². The van der Waals surface area contributed by atoms with Crippen LogP contribution in [0.2, 0.25) is 0 Å². The van der Waals surface area contributed by atoms with Crippen molar-refractivity contribution in [3.05, 3.63) is 73.1 Å². The third kappa shape index (κ3) is 4.81. The van der Waals surface area contributed by atoms with Gasteiger partial charge in [-0.3, -0.25) is 0 Å². The van der Waals surface area contributed by atoms with Gasteiger partial charge < -0.3 is 15.2 Å². The topological polar surface area (TPSA) is 85.1 Å². The Hall–Kier alpha value is -3.97. The molecular weight excluding hydrogens is 438 g/mol. The summed E-state index contributed by atoms with van der Waals surface area (Å²) in [7, 11) is 0. The zero-order chi connectivity index (χ0) is 24.6. The van der Waals surface area contributed by atoms with Crippen molar-refractivity contribution in [1.82, 2.24) is 19.7 Å². The molecule has 0 unspecified atom stereocenters. The van der Waals surface area contributed by atoms with Gasteiger partial charge in [0.1, 0.15) is 30.2 Å². The number of fused-ring (bicyclic) bond motifs is 2. The van der Waals surface area contributed by atoms with Crippen LogP contribution in [0.3, 0.4) is 0 Å². The number of anilines is 2. The molecule has 0 radical (unpaired) electrons. The lowest BCUT2D eigenvalue weighted by Crippen LogP contribution is -2.27. The van der Waals surface area contributed by atoms with Crippen LogP contribution < -0.4 is 10.1 Å². The van der Waals surface area contributed by atoms with Crippen molar-refractivity contribution in [3.63, 3.8) is 0 Å². The van der Waals surface area contributed by atoms with E-state index in [9.17, 15) is 5.11 Å². The molecule has 7 nitrogen and oxygen atoms in total. The van der Waals surface area contributed by atoms with Gasteiger partial charge in [-0.2, -0.15) is 5.10 Å². The van der Waals surface area contributed by atoms with Crippen LogP contribution in [0.4, 0.5) is 11.5 Å². The summed E-state index contributed by atoms with van der Waals surface area (Å²) >= 11 is 0. The quantitative estimate of drug-likeness (QED) is 0.300. The first kappa shape index (κ1) is 22.8. The average Bonchev–Trinajstić information content (AvgIpc) is 3.24. The number of hydrogen-bond donors (Lipinski definition) is 2. The molecule has 5 rings (SSSR count). The van der Waals surface area contributed by atoms with E-state index in [1.807, 2.05) is 53.2 Å². The minimum atomic E-state index is -0.886. The van der Waals surface area contributed by atoms with Crippen molar-refractivity contribution >= 4 is 33.3 Å². The molecule has 0 saturated heterocycles. The van der Waals surface area contributed by atoms with Crippen LogP contribution in [0, 0.1) is 0 Å². The van der Waals surface area contributed by atoms with E-state index in [2.05, 4.69) is 47.3 Å². The lowest BCUT2D eigenvalue weighted by atomic mass is 10.0. The van der Waals surface area contributed by atoms with Gasteiger partial charge in [0.15, 0.2) is 5.65 Å². The average molecular weight is 468 g/mol. The fraction of sp³-hybridized carbons (Fsp3) is 0.250. The van der Waals surface area contributed by atoms with Crippen molar-refractivity contribution in [2.75, 3.05) is 11.9 Å². The minimum Gasteiger partial charge on any atom is -0.491 e. The van der Waals surface area contributed by atoms with E-state index in [1.165, 1.54) is 0 Å². The van der Waals surface area contributed by atoms with Crippen molar-refractivity contribution < 1.29 is 9.84 Å². The second kappa shape index (κ2) is 9.00. The van der Waals surface area contributed by atoms with Crippen LogP contribution in [0.15, 0.2) is 73.1 Å². The molecule has 0 atom stereocenters. The van der Waals surface area contributed by atoms with Gasteiger partial charge in [0.2, 0.25) is 0 Å². The van der Waals surface area contributed by atoms with Gasteiger partial charge in [0.25, 0.3) is 0 Å². The SMILES string of the molecule is CC(C)n1nc(-c2ccc3cc(OCC(C)(C)O)ccc3c2)c2c(Nc3ccccc3)ncnc21. The summed E-state index contributed by atoms with van der Waals surface area (Å²) in [6.45, 7) is 7.87. The highest BCUT2D eigenvalue weighted by atomic mass is 16.5. The third-order valence-electron chi connectivity index (χ3n) is 5.69. The predicted molar refractivity (Wildman–Crippen MR) is 140 cm³/mol. The summed E-state index contributed by atoms with van der Waals surface area (Å²) < 4.78 is 7.71. The van der Waals surface area contributed by atoms with Gasteiger partial charge in [-0.15, -0.1) is 0 Å². The maximum absolute atomic E-state index is 9.95. The highest BCUT2D eigenvalue weighted by Gasteiger charge is 2.20. The van der Waals surface area contributed by atoms with Gasteiger partial charge in [0, 0.05) is 17.3 Å².